The first-order chi connectivity index (χ1) is 7.29. The molecule has 0 saturated heterocycles. The Morgan fingerprint density at radius 2 is 2.40 bits per heavy atom. The third-order valence-electron chi connectivity index (χ3n) is 2.40. The third kappa shape index (κ3) is 3.41. The molecule has 1 aromatic heterocycles. The number of rotatable bonds is 6. The first kappa shape index (κ1) is 11.8. The van der Waals surface area contributed by atoms with Crippen LogP contribution in [-0.4, -0.2) is 16.1 Å². The van der Waals surface area contributed by atoms with Gasteiger partial charge in [-0.05, 0) is 19.9 Å². The van der Waals surface area contributed by atoms with Gasteiger partial charge in [0.2, 0.25) is 0 Å². The Morgan fingerprint density at radius 3 is 3.07 bits per heavy atom. The van der Waals surface area contributed by atoms with Crippen molar-refractivity contribution in [2.45, 2.75) is 39.8 Å². The van der Waals surface area contributed by atoms with E-state index in [-0.39, 0.29) is 0 Å². The zero-order valence-electron chi connectivity index (χ0n) is 9.58. The molecule has 1 aromatic rings. The van der Waals surface area contributed by atoms with Crippen LogP contribution >= 0.6 is 0 Å². The SMILES string of the molecule is C#CCCCn1c(CNCC)cnc1C. The van der Waals surface area contributed by atoms with E-state index < -0.39 is 0 Å². The van der Waals surface area contributed by atoms with Gasteiger partial charge in [0.05, 0.1) is 5.69 Å². The van der Waals surface area contributed by atoms with E-state index in [0.717, 1.165) is 38.3 Å². The normalized spacial score (nSPS) is 10.2. The fourth-order valence-corrected chi connectivity index (χ4v) is 1.55. The molecule has 0 aliphatic rings. The van der Waals surface area contributed by atoms with Gasteiger partial charge in [-0.3, -0.25) is 0 Å². The predicted octanol–water partition coefficient (Wildman–Crippen LogP) is 1.71. The van der Waals surface area contributed by atoms with Crippen molar-refractivity contribution in [1.29, 1.82) is 0 Å². The molecule has 0 unspecified atom stereocenters. The quantitative estimate of drug-likeness (QED) is 0.566. The number of nitrogens with one attached hydrogen (secondary N) is 1. The van der Waals surface area contributed by atoms with Crippen LogP contribution in [0.15, 0.2) is 6.20 Å². The molecule has 0 aliphatic carbocycles. The molecule has 1 heterocycles. The monoisotopic (exact) mass is 205 g/mol. The van der Waals surface area contributed by atoms with Crippen molar-refractivity contribution in [1.82, 2.24) is 14.9 Å². The maximum atomic E-state index is 5.24. The fourth-order valence-electron chi connectivity index (χ4n) is 1.55. The van der Waals surface area contributed by atoms with E-state index in [9.17, 15) is 0 Å². The largest absolute Gasteiger partial charge is 0.331 e. The smallest absolute Gasteiger partial charge is 0.105 e. The van der Waals surface area contributed by atoms with Crippen LogP contribution in [-0.2, 0) is 13.1 Å². The van der Waals surface area contributed by atoms with E-state index in [1.54, 1.807) is 0 Å². The third-order valence-corrected chi connectivity index (χ3v) is 2.40. The highest BCUT2D eigenvalue weighted by Crippen LogP contribution is 2.06. The molecule has 15 heavy (non-hydrogen) atoms. The molecular formula is C12H19N3. The summed E-state index contributed by atoms with van der Waals surface area (Å²) in [6.07, 6.45) is 9.03. The van der Waals surface area contributed by atoms with E-state index in [4.69, 9.17) is 6.42 Å². The lowest BCUT2D eigenvalue weighted by molar-refractivity contribution is 0.587. The van der Waals surface area contributed by atoms with Gasteiger partial charge in [0, 0.05) is 25.7 Å². The van der Waals surface area contributed by atoms with Crippen LogP contribution in [0.1, 0.15) is 31.3 Å². The number of nitrogens with zero attached hydrogens (tertiary/aromatic N) is 2. The summed E-state index contributed by atoms with van der Waals surface area (Å²) in [5, 5.41) is 3.31. The highest BCUT2D eigenvalue weighted by Gasteiger charge is 2.04. The van der Waals surface area contributed by atoms with Crippen LogP contribution in [0, 0.1) is 19.3 Å². The second-order valence-electron chi connectivity index (χ2n) is 3.54. The molecule has 1 rings (SSSR count). The predicted molar refractivity (Wildman–Crippen MR) is 62.4 cm³/mol. The second-order valence-corrected chi connectivity index (χ2v) is 3.54. The molecule has 0 atom stereocenters. The minimum Gasteiger partial charge on any atom is -0.331 e. The molecule has 0 aliphatic heterocycles. The molecule has 82 valence electrons. The first-order valence-corrected chi connectivity index (χ1v) is 5.44. The van der Waals surface area contributed by atoms with E-state index in [1.807, 2.05) is 13.1 Å². The highest BCUT2D eigenvalue weighted by molar-refractivity contribution is 5.04. The Morgan fingerprint density at radius 1 is 1.60 bits per heavy atom. The van der Waals surface area contributed by atoms with Gasteiger partial charge in [0.15, 0.2) is 0 Å². The first-order valence-electron chi connectivity index (χ1n) is 5.44. The molecule has 0 aromatic carbocycles. The molecule has 0 radical (unpaired) electrons. The van der Waals surface area contributed by atoms with E-state index in [0.29, 0.717) is 0 Å². The van der Waals surface area contributed by atoms with Gasteiger partial charge in [-0.15, -0.1) is 12.3 Å². The van der Waals surface area contributed by atoms with Crippen molar-refractivity contribution in [2.75, 3.05) is 6.54 Å². The Kier molecular flexibility index (Phi) is 4.92. The minimum atomic E-state index is 0.832. The Bertz CT molecular complexity index is 333. The fraction of sp³-hybridized carbons (Fsp3) is 0.583. The molecular weight excluding hydrogens is 186 g/mol. The van der Waals surface area contributed by atoms with Crippen molar-refractivity contribution in [3.8, 4) is 12.3 Å². The number of hydrogen-bond acceptors (Lipinski definition) is 2. The number of aromatic nitrogens is 2. The van der Waals surface area contributed by atoms with Crippen molar-refractivity contribution in [2.24, 2.45) is 0 Å². The van der Waals surface area contributed by atoms with Gasteiger partial charge in [-0.2, -0.15) is 0 Å². The number of unbranched alkanes of at least 4 members (excludes halogenated alkanes) is 1. The Labute approximate surface area is 91.9 Å². The molecule has 3 nitrogen and oxygen atoms in total. The topological polar surface area (TPSA) is 29.9 Å². The summed E-state index contributed by atoms with van der Waals surface area (Å²) in [7, 11) is 0. The maximum absolute atomic E-state index is 5.24. The molecule has 3 heteroatoms. The average Bonchev–Trinajstić information content (AvgIpc) is 2.58. The Balaban J connectivity index is 2.59. The molecule has 1 N–H and O–H groups in total. The van der Waals surface area contributed by atoms with Gasteiger partial charge < -0.3 is 9.88 Å². The molecule has 0 amide bonds. The van der Waals surface area contributed by atoms with Gasteiger partial charge in [0.25, 0.3) is 0 Å². The molecule has 0 saturated carbocycles. The van der Waals surface area contributed by atoms with Crippen LogP contribution in [0.3, 0.4) is 0 Å². The van der Waals surface area contributed by atoms with Crippen molar-refractivity contribution in [3.05, 3.63) is 17.7 Å². The Hall–Kier alpha value is -1.27. The summed E-state index contributed by atoms with van der Waals surface area (Å²) in [4.78, 5) is 4.32. The summed E-state index contributed by atoms with van der Waals surface area (Å²) >= 11 is 0. The van der Waals surface area contributed by atoms with Crippen molar-refractivity contribution < 1.29 is 0 Å². The van der Waals surface area contributed by atoms with E-state index >= 15 is 0 Å². The van der Waals surface area contributed by atoms with Crippen LogP contribution in [0.2, 0.25) is 0 Å². The van der Waals surface area contributed by atoms with Crippen molar-refractivity contribution >= 4 is 0 Å². The van der Waals surface area contributed by atoms with E-state index in [2.05, 4.69) is 27.7 Å². The lowest BCUT2D eigenvalue weighted by atomic mass is 10.3. The van der Waals surface area contributed by atoms with Crippen molar-refractivity contribution in [3.63, 3.8) is 0 Å². The standard InChI is InChI=1S/C12H19N3/c1-4-6-7-8-15-11(3)14-10-12(15)9-13-5-2/h1,10,13H,5-9H2,2-3H3. The number of hydrogen-bond donors (Lipinski definition) is 1. The molecule has 0 bridgehead atoms. The summed E-state index contributed by atoms with van der Waals surface area (Å²) in [6, 6.07) is 0. The average molecular weight is 205 g/mol. The molecule has 0 spiro atoms. The number of imidazole rings is 1. The summed E-state index contributed by atoms with van der Waals surface area (Å²) < 4.78 is 2.24. The lowest BCUT2D eigenvalue weighted by Crippen LogP contribution is -2.16. The minimum absolute atomic E-state index is 0.832. The van der Waals surface area contributed by atoms with E-state index in [1.165, 1.54) is 5.69 Å². The lowest BCUT2D eigenvalue weighted by Gasteiger charge is -2.09. The van der Waals surface area contributed by atoms with Crippen LogP contribution in [0.25, 0.3) is 0 Å². The number of terminal acetylenes is 1. The zero-order chi connectivity index (χ0) is 11.1. The summed E-state index contributed by atoms with van der Waals surface area (Å²) in [6.45, 7) is 6.97. The number of aryl methyl sites for hydroxylation is 1. The summed E-state index contributed by atoms with van der Waals surface area (Å²) in [5.74, 6) is 3.73. The van der Waals surface area contributed by atoms with Crippen LogP contribution in [0.5, 0.6) is 0 Å². The zero-order valence-corrected chi connectivity index (χ0v) is 9.58. The second kappa shape index (κ2) is 6.26. The van der Waals surface area contributed by atoms with Gasteiger partial charge in [0.1, 0.15) is 5.82 Å². The van der Waals surface area contributed by atoms with Gasteiger partial charge in [-0.1, -0.05) is 6.92 Å². The summed E-state index contributed by atoms with van der Waals surface area (Å²) in [5.41, 5.74) is 1.24. The highest BCUT2D eigenvalue weighted by atomic mass is 15.1. The van der Waals surface area contributed by atoms with Gasteiger partial charge >= 0.3 is 0 Å². The van der Waals surface area contributed by atoms with Gasteiger partial charge in [-0.25, -0.2) is 4.98 Å². The van der Waals surface area contributed by atoms with Crippen LogP contribution < -0.4 is 5.32 Å². The van der Waals surface area contributed by atoms with Crippen LogP contribution in [0.4, 0.5) is 0 Å². The maximum Gasteiger partial charge on any atom is 0.105 e. The molecule has 0 fully saturated rings.